The van der Waals surface area contributed by atoms with Crippen molar-refractivity contribution in [2.75, 3.05) is 4.90 Å². The molecule has 2 aliphatic rings. The molecular formula is C21H21NO2S. The van der Waals surface area contributed by atoms with Crippen molar-refractivity contribution in [3.8, 4) is 0 Å². The normalized spacial score (nSPS) is 23.0. The largest absolute Gasteiger partial charge is 0.294 e. The molecule has 25 heavy (non-hydrogen) atoms. The molecule has 128 valence electrons. The molecule has 1 atom stereocenters. The van der Waals surface area contributed by atoms with E-state index in [2.05, 4.69) is 19.2 Å². The van der Waals surface area contributed by atoms with Crippen LogP contribution in [0.25, 0.3) is 0 Å². The second-order valence-electron chi connectivity index (χ2n) is 7.68. The molecular weight excluding hydrogens is 330 g/mol. The highest BCUT2D eigenvalue weighted by Gasteiger charge is 2.44. The number of amides is 1. The zero-order valence-electron chi connectivity index (χ0n) is 14.5. The lowest BCUT2D eigenvalue weighted by Gasteiger charge is -2.42. The molecule has 0 saturated carbocycles. The number of para-hydroxylation sites is 1. The molecule has 4 heteroatoms. The van der Waals surface area contributed by atoms with E-state index in [1.165, 1.54) is 0 Å². The van der Waals surface area contributed by atoms with Gasteiger partial charge in [0.2, 0.25) is 5.91 Å². The highest BCUT2D eigenvalue weighted by Crippen LogP contribution is 2.48. The maximum absolute atomic E-state index is 13.1. The third-order valence-corrected chi connectivity index (χ3v) is 5.80. The molecule has 0 bridgehead atoms. The first kappa shape index (κ1) is 16.3. The summed E-state index contributed by atoms with van der Waals surface area (Å²) < 4.78 is 0. The predicted molar refractivity (Wildman–Crippen MR) is 101 cm³/mol. The summed E-state index contributed by atoms with van der Waals surface area (Å²) in [6.07, 6.45) is 1.65. The van der Waals surface area contributed by atoms with E-state index >= 15 is 0 Å². The van der Waals surface area contributed by atoms with Crippen molar-refractivity contribution >= 4 is 28.7 Å². The summed E-state index contributed by atoms with van der Waals surface area (Å²) in [5, 5.41) is 4.08. The molecule has 0 unspecified atom stereocenters. The van der Waals surface area contributed by atoms with Crippen LogP contribution >= 0.6 is 11.3 Å². The minimum Gasteiger partial charge on any atom is -0.294 e. The smallest absolute Gasteiger partial charge is 0.232 e. The quantitative estimate of drug-likeness (QED) is 0.771. The molecule has 0 radical (unpaired) electrons. The van der Waals surface area contributed by atoms with Gasteiger partial charge in [0, 0.05) is 35.7 Å². The number of carbonyl (C=O) groups is 2. The molecule has 2 heterocycles. The predicted octanol–water partition coefficient (Wildman–Crippen LogP) is 4.91. The number of hydrogen-bond donors (Lipinski definition) is 0. The highest BCUT2D eigenvalue weighted by molar-refractivity contribution is 7.08. The summed E-state index contributed by atoms with van der Waals surface area (Å²) in [5.74, 6) is 0.167. The number of rotatable bonds is 2. The van der Waals surface area contributed by atoms with Crippen LogP contribution in [0, 0.1) is 5.41 Å². The maximum Gasteiger partial charge on any atom is 0.232 e. The van der Waals surface area contributed by atoms with Gasteiger partial charge in [0.25, 0.3) is 0 Å². The summed E-state index contributed by atoms with van der Waals surface area (Å²) in [7, 11) is 0. The Bertz CT molecular complexity index is 849. The molecule has 1 aromatic heterocycles. The Kier molecular flexibility index (Phi) is 3.88. The van der Waals surface area contributed by atoms with Crippen molar-refractivity contribution < 1.29 is 9.59 Å². The molecule has 4 rings (SSSR count). The van der Waals surface area contributed by atoms with Crippen LogP contribution in [-0.2, 0) is 9.59 Å². The number of nitrogens with zero attached hydrogens (tertiary/aromatic N) is 1. The SMILES string of the molecule is CC1(C)CC(=O)C2=C(C1)N(c1ccccc1)C(=O)C[C@H]2c1ccsc1. The Morgan fingerprint density at radius 3 is 2.52 bits per heavy atom. The zero-order chi connectivity index (χ0) is 17.6. The zero-order valence-corrected chi connectivity index (χ0v) is 15.3. The number of hydrogen-bond acceptors (Lipinski definition) is 3. The molecule has 1 aliphatic carbocycles. The third kappa shape index (κ3) is 2.85. The van der Waals surface area contributed by atoms with Crippen LogP contribution in [0.15, 0.2) is 58.4 Å². The second kappa shape index (κ2) is 5.95. The van der Waals surface area contributed by atoms with Gasteiger partial charge in [-0.15, -0.1) is 0 Å². The fourth-order valence-electron chi connectivity index (χ4n) is 4.05. The standard InChI is InChI=1S/C21H21NO2S/c1-21(2)11-17-20(18(23)12-21)16(14-8-9-25-13-14)10-19(24)22(17)15-6-4-3-5-7-15/h3-9,13,16H,10-12H2,1-2H3/t16-/m0/s1. The van der Waals surface area contributed by atoms with Crippen LogP contribution in [0.3, 0.4) is 0 Å². The summed E-state index contributed by atoms with van der Waals surface area (Å²) in [4.78, 5) is 27.9. The molecule has 3 nitrogen and oxygen atoms in total. The fraction of sp³-hybridized carbons (Fsp3) is 0.333. The monoisotopic (exact) mass is 351 g/mol. The van der Waals surface area contributed by atoms with E-state index in [0.29, 0.717) is 12.8 Å². The molecule has 1 aliphatic heterocycles. The van der Waals surface area contributed by atoms with Gasteiger partial charge in [-0.05, 0) is 46.4 Å². The lowest BCUT2D eigenvalue weighted by atomic mass is 9.69. The van der Waals surface area contributed by atoms with Gasteiger partial charge in [0.15, 0.2) is 5.78 Å². The van der Waals surface area contributed by atoms with Crippen molar-refractivity contribution in [3.05, 3.63) is 64.0 Å². The van der Waals surface area contributed by atoms with Crippen LogP contribution in [0.2, 0.25) is 0 Å². The first-order valence-electron chi connectivity index (χ1n) is 8.63. The average molecular weight is 351 g/mol. The van der Waals surface area contributed by atoms with Crippen LogP contribution < -0.4 is 4.90 Å². The van der Waals surface area contributed by atoms with Crippen LogP contribution in [-0.4, -0.2) is 11.7 Å². The van der Waals surface area contributed by atoms with Crippen molar-refractivity contribution in [3.63, 3.8) is 0 Å². The number of allylic oxidation sites excluding steroid dienone is 2. The third-order valence-electron chi connectivity index (χ3n) is 5.10. The van der Waals surface area contributed by atoms with Gasteiger partial charge in [0.05, 0.1) is 0 Å². The summed E-state index contributed by atoms with van der Waals surface area (Å²) in [6.45, 7) is 4.22. The molecule has 0 N–H and O–H groups in total. The van der Waals surface area contributed by atoms with Gasteiger partial charge in [-0.2, -0.15) is 11.3 Å². The van der Waals surface area contributed by atoms with E-state index in [0.717, 1.165) is 28.9 Å². The van der Waals surface area contributed by atoms with Crippen molar-refractivity contribution in [2.24, 2.45) is 5.41 Å². The Morgan fingerprint density at radius 2 is 1.84 bits per heavy atom. The van der Waals surface area contributed by atoms with Gasteiger partial charge in [-0.25, -0.2) is 0 Å². The number of ketones is 1. The average Bonchev–Trinajstić information content (AvgIpc) is 3.07. The summed E-state index contributed by atoms with van der Waals surface area (Å²) >= 11 is 1.61. The summed E-state index contributed by atoms with van der Waals surface area (Å²) in [5.41, 5.74) is 3.57. The van der Waals surface area contributed by atoms with E-state index in [1.54, 1.807) is 16.2 Å². The maximum atomic E-state index is 13.1. The second-order valence-corrected chi connectivity index (χ2v) is 8.46. The van der Waals surface area contributed by atoms with E-state index in [9.17, 15) is 9.59 Å². The van der Waals surface area contributed by atoms with E-state index in [1.807, 2.05) is 41.8 Å². The highest BCUT2D eigenvalue weighted by atomic mass is 32.1. The lowest BCUT2D eigenvalue weighted by Crippen LogP contribution is -2.43. The topological polar surface area (TPSA) is 37.4 Å². The number of carbonyl (C=O) groups excluding carboxylic acids is 2. The van der Waals surface area contributed by atoms with Crippen LogP contribution in [0.1, 0.15) is 44.6 Å². The molecule has 0 spiro atoms. The molecule has 1 amide bonds. The molecule has 0 fully saturated rings. The Balaban J connectivity index is 1.90. The molecule has 1 aromatic carbocycles. The van der Waals surface area contributed by atoms with Gasteiger partial charge >= 0.3 is 0 Å². The number of Topliss-reactive ketones (excluding diaryl/α,β-unsaturated/α-hetero) is 1. The molecule has 0 saturated heterocycles. The first-order valence-corrected chi connectivity index (χ1v) is 9.57. The lowest BCUT2D eigenvalue weighted by molar-refractivity contribution is -0.121. The van der Waals surface area contributed by atoms with Crippen molar-refractivity contribution in [2.45, 2.75) is 39.0 Å². The fourth-order valence-corrected chi connectivity index (χ4v) is 4.76. The Labute approximate surface area is 152 Å². The number of anilines is 1. The van der Waals surface area contributed by atoms with Crippen molar-refractivity contribution in [1.29, 1.82) is 0 Å². The van der Waals surface area contributed by atoms with Gasteiger partial charge in [-0.1, -0.05) is 32.0 Å². The first-order chi connectivity index (χ1) is 12.0. The Hall–Kier alpha value is -2.20. The minimum absolute atomic E-state index is 0.0756. The van der Waals surface area contributed by atoms with Crippen molar-refractivity contribution in [1.82, 2.24) is 0 Å². The van der Waals surface area contributed by atoms with Gasteiger partial charge in [0.1, 0.15) is 0 Å². The minimum atomic E-state index is -0.125. The number of thiophene rings is 1. The molecule has 2 aromatic rings. The van der Waals surface area contributed by atoms with Gasteiger partial charge < -0.3 is 0 Å². The van der Waals surface area contributed by atoms with Gasteiger partial charge in [-0.3, -0.25) is 14.5 Å². The van der Waals surface area contributed by atoms with E-state index in [-0.39, 0.29) is 23.0 Å². The van der Waals surface area contributed by atoms with Crippen LogP contribution in [0.5, 0.6) is 0 Å². The Morgan fingerprint density at radius 1 is 1.08 bits per heavy atom. The van der Waals surface area contributed by atoms with E-state index in [4.69, 9.17) is 0 Å². The number of benzene rings is 1. The van der Waals surface area contributed by atoms with Crippen LogP contribution in [0.4, 0.5) is 5.69 Å². The van der Waals surface area contributed by atoms with E-state index < -0.39 is 0 Å². The summed E-state index contributed by atoms with van der Waals surface area (Å²) in [6, 6.07) is 11.7.